The molecule has 1 unspecified atom stereocenters. The number of nitrogens with one attached hydrogen (secondary N) is 1. The Hall–Kier alpha value is -1.57. The standard InChI is InChI=1S/C20H31N3O3S/c1-17(24)15-27-16-19(25)21-8-3-6-12-26-20-13-18(7-9-22-20)14-23-10-4-2-5-11-23/h3,6-7,9,13,17,24H,2,4-5,8,10-12,14-16H2,1H3,(H,21,25). The van der Waals surface area contributed by atoms with Crippen molar-refractivity contribution in [3.8, 4) is 5.88 Å². The van der Waals surface area contributed by atoms with Crippen LogP contribution in [0.3, 0.4) is 0 Å². The molecule has 1 atom stereocenters. The van der Waals surface area contributed by atoms with Crippen molar-refractivity contribution in [3.05, 3.63) is 36.0 Å². The number of likely N-dealkylation sites (tertiary alicyclic amines) is 1. The number of ether oxygens (including phenoxy) is 1. The lowest BCUT2D eigenvalue weighted by atomic mass is 10.1. The van der Waals surface area contributed by atoms with Gasteiger partial charge in [0.05, 0.1) is 11.9 Å². The number of thioether (sulfide) groups is 1. The van der Waals surface area contributed by atoms with Crippen molar-refractivity contribution in [1.29, 1.82) is 0 Å². The van der Waals surface area contributed by atoms with Crippen molar-refractivity contribution in [3.63, 3.8) is 0 Å². The van der Waals surface area contributed by atoms with E-state index in [0.29, 0.717) is 30.5 Å². The van der Waals surface area contributed by atoms with Crippen LogP contribution in [0, 0.1) is 0 Å². The number of hydrogen-bond acceptors (Lipinski definition) is 6. The summed E-state index contributed by atoms with van der Waals surface area (Å²) in [6, 6.07) is 4.05. The van der Waals surface area contributed by atoms with Crippen molar-refractivity contribution >= 4 is 17.7 Å². The van der Waals surface area contributed by atoms with E-state index in [1.165, 1.54) is 49.7 Å². The van der Waals surface area contributed by atoms with Gasteiger partial charge in [-0.25, -0.2) is 4.98 Å². The van der Waals surface area contributed by atoms with E-state index in [2.05, 4.69) is 15.2 Å². The van der Waals surface area contributed by atoms with Gasteiger partial charge >= 0.3 is 0 Å². The molecule has 0 bridgehead atoms. The van der Waals surface area contributed by atoms with Crippen LogP contribution in [0.15, 0.2) is 30.5 Å². The molecule has 0 radical (unpaired) electrons. The highest BCUT2D eigenvalue weighted by Crippen LogP contribution is 2.15. The third kappa shape index (κ3) is 9.79. The van der Waals surface area contributed by atoms with E-state index in [4.69, 9.17) is 9.84 Å². The van der Waals surface area contributed by atoms with Crippen molar-refractivity contribution in [1.82, 2.24) is 15.2 Å². The average Bonchev–Trinajstić information content (AvgIpc) is 2.65. The highest BCUT2D eigenvalue weighted by atomic mass is 32.2. The number of carbonyl (C=O) groups is 1. The van der Waals surface area contributed by atoms with Crippen molar-refractivity contribution in [2.24, 2.45) is 0 Å². The third-order valence-electron chi connectivity index (χ3n) is 4.16. The van der Waals surface area contributed by atoms with Crippen molar-refractivity contribution in [2.45, 2.75) is 38.8 Å². The van der Waals surface area contributed by atoms with Gasteiger partial charge in [-0.1, -0.05) is 12.5 Å². The first-order chi connectivity index (χ1) is 13.1. The minimum atomic E-state index is -0.383. The van der Waals surface area contributed by atoms with E-state index in [0.717, 1.165) is 6.54 Å². The second-order valence-electron chi connectivity index (χ2n) is 6.79. The molecule has 0 aliphatic carbocycles. The molecule has 2 rings (SSSR count). The summed E-state index contributed by atoms with van der Waals surface area (Å²) in [6.45, 7) is 5.90. The van der Waals surface area contributed by atoms with Crippen LogP contribution in [0.25, 0.3) is 0 Å². The summed E-state index contributed by atoms with van der Waals surface area (Å²) in [7, 11) is 0. The summed E-state index contributed by atoms with van der Waals surface area (Å²) >= 11 is 1.43. The van der Waals surface area contributed by atoms with Crippen molar-refractivity contribution < 1.29 is 14.6 Å². The van der Waals surface area contributed by atoms with Crippen LogP contribution in [0.4, 0.5) is 0 Å². The molecule has 0 aromatic carbocycles. The van der Waals surface area contributed by atoms with E-state index in [1.54, 1.807) is 13.1 Å². The Morgan fingerprint density at radius 1 is 1.41 bits per heavy atom. The Morgan fingerprint density at radius 3 is 3.00 bits per heavy atom. The van der Waals surface area contributed by atoms with Crippen LogP contribution in [0.1, 0.15) is 31.7 Å². The molecular weight excluding hydrogens is 362 g/mol. The highest BCUT2D eigenvalue weighted by Gasteiger charge is 2.10. The summed E-state index contributed by atoms with van der Waals surface area (Å²) in [6.07, 6.45) is 9.07. The molecule has 1 aromatic rings. The summed E-state index contributed by atoms with van der Waals surface area (Å²) in [5.41, 5.74) is 1.23. The van der Waals surface area contributed by atoms with Crippen molar-refractivity contribution in [2.75, 3.05) is 37.7 Å². The van der Waals surface area contributed by atoms with Gasteiger partial charge in [-0.05, 0) is 50.6 Å². The number of rotatable bonds is 11. The minimum Gasteiger partial charge on any atom is -0.473 e. The second kappa shape index (κ2) is 12.8. The van der Waals surface area contributed by atoms with E-state index < -0.39 is 0 Å². The lowest BCUT2D eigenvalue weighted by Crippen LogP contribution is -2.29. The van der Waals surface area contributed by atoms with Crippen LogP contribution >= 0.6 is 11.8 Å². The van der Waals surface area contributed by atoms with Gasteiger partial charge in [0.2, 0.25) is 11.8 Å². The number of aliphatic hydroxyl groups is 1. The zero-order chi connectivity index (χ0) is 19.3. The zero-order valence-corrected chi connectivity index (χ0v) is 16.9. The molecule has 6 nitrogen and oxygen atoms in total. The molecule has 0 saturated carbocycles. The highest BCUT2D eigenvalue weighted by molar-refractivity contribution is 7.99. The fraction of sp³-hybridized carbons (Fsp3) is 0.600. The van der Waals surface area contributed by atoms with Gasteiger partial charge in [-0.2, -0.15) is 0 Å². The maximum absolute atomic E-state index is 11.6. The van der Waals surface area contributed by atoms with Gasteiger partial charge < -0.3 is 15.2 Å². The van der Waals surface area contributed by atoms with Gasteiger partial charge in [0, 0.05) is 31.1 Å². The second-order valence-corrected chi connectivity index (χ2v) is 7.82. The van der Waals surface area contributed by atoms with Crippen LogP contribution in [-0.2, 0) is 11.3 Å². The minimum absolute atomic E-state index is 0.0294. The van der Waals surface area contributed by atoms with Gasteiger partial charge in [-0.3, -0.25) is 9.69 Å². The van der Waals surface area contributed by atoms with Gasteiger partial charge in [0.25, 0.3) is 0 Å². The number of pyridine rings is 1. The topological polar surface area (TPSA) is 74.7 Å². The fourth-order valence-corrected chi connectivity index (χ4v) is 3.58. The first-order valence-corrected chi connectivity index (χ1v) is 10.8. The number of nitrogens with zero attached hydrogens (tertiary/aromatic N) is 2. The largest absolute Gasteiger partial charge is 0.473 e. The Kier molecular flexibility index (Phi) is 10.3. The fourth-order valence-electron chi connectivity index (χ4n) is 2.83. The number of amides is 1. The molecule has 1 aromatic heterocycles. The number of aromatic nitrogens is 1. The van der Waals surface area contributed by atoms with Gasteiger partial charge in [0.1, 0.15) is 6.61 Å². The molecule has 2 heterocycles. The number of carbonyl (C=O) groups excluding carboxylic acids is 1. The maximum Gasteiger partial charge on any atom is 0.230 e. The zero-order valence-electron chi connectivity index (χ0n) is 16.1. The van der Waals surface area contributed by atoms with Crippen LogP contribution in [0.2, 0.25) is 0 Å². The molecule has 7 heteroatoms. The average molecular weight is 394 g/mol. The van der Waals surface area contributed by atoms with E-state index in [9.17, 15) is 4.79 Å². The summed E-state index contributed by atoms with van der Waals surface area (Å²) in [5, 5.41) is 12.0. The molecule has 150 valence electrons. The predicted molar refractivity (Wildman–Crippen MR) is 110 cm³/mol. The third-order valence-corrected chi connectivity index (χ3v) is 5.34. The van der Waals surface area contributed by atoms with E-state index >= 15 is 0 Å². The molecule has 1 aliphatic heterocycles. The number of hydrogen-bond donors (Lipinski definition) is 2. The lowest BCUT2D eigenvalue weighted by Gasteiger charge is -2.26. The molecule has 2 N–H and O–H groups in total. The number of aliphatic hydroxyl groups excluding tert-OH is 1. The monoisotopic (exact) mass is 393 g/mol. The summed E-state index contributed by atoms with van der Waals surface area (Å²) in [4.78, 5) is 18.3. The molecule has 27 heavy (non-hydrogen) atoms. The van der Waals surface area contributed by atoms with E-state index in [1.807, 2.05) is 24.3 Å². The normalized spacial score (nSPS) is 16.4. The summed E-state index contributed by atoms with van der Waals surface area (Å²) in [5.74, 6) is 1.54. The molecule has 1 amide bonds. The Balaban J connectivity index is 1.61. The van der Waals surface area contributed by atoms with Crippen LogP contribution in [-0.4, -0.2) is 64.7 Å². The SMILES string of the molecule is CC(O)CSCC(=O)NCC=CCOc1cc(CN2CCCCC2)ccn1. The Morgan fingerprint density at radius 2 is 2.22 bits per heavy atom. The molecule has 1 fully saturated rings. The Labute approximate surface area is 166 Å². The van der Waals surface area contributed by atoms with Gasteiger partial charge in [-0.15, -0.1) is 11.8 Å². The number of piperidine rings is 1. The lowest BCUT2D eigenvalue weighted by molar-refractivity contribution is -0.118. The maximum atomic E-state index is 11.6. The predicted octanol–water partition coefficient (Wildman–Crippen LogP) is 2.23. The quantitative estimate of drug-likeness (QED) is 0.562. The van der Waals surface area contributed by atoms with Crippen LogP contribution < -0.4 is 10.1 Å². The van der Waals surface area contributed by atoms with Crippen LogP contribution in [0.5, 0.6) is 5.88 Å². The Bertz CT molecular complexity index is 590. The van der Waals surface area contributed by atoms with Gasteiger partial charge in [0.15, 0.2) is 0 Å². The molecular formula is C20H31N3O3S. The smallest absolute Gasteiger partial charge is 0.230 e. The molecule has 0 spiro atoms. The van der Waals surface area contributed by atoms with E-state index in [-0.39, 0.29) is 12.0 Å². The first kappa shape index (κ1) is 21.7. The molecule has 1 saturated heterocycles. The molecule has 1 aliphatic rings. The first-order valence-electron chi connectivity index (χ1n) is 9.61. The summed E-state index contributed by atoms with van der Waals surface area (Å²) < 4.78 is 5.67.